The van der Waals surface area contributed by atoms with E-state index in [1.54, 1.807) is 6.07 Å². The summed E-state index contributed by atoms with van der Waals surface area (Å²) in [7, 11) is 0. The molecule has 1 heterocycles. The molecule has 0 fully saturated rings. The number of nitro groups is 1. The van der Waals surface area contributed by atoms with Gasteiger partial charge in [-0.2, -0.15) is 0 Å². The van der Waals surface area contributed by atoms with Gasteiger partial charge in [0.25, 0.3) is 5.69 Å². The molecule has 2 rings (SSSR count). The number of halogens is 1. The first kappa shape index (κ1) is 12.2. The predicted molar refractivity (Wildman–Crippen MR) is 62.6 cm³/mol. The normalized spacial score (nSPS) is 10.3. The number of aldehydes is 1. The van der Waals surface area contributed by atoms with Gasteiger partial charge in [-0.25, -0.2) is 4.68 Å². The zero-order valence-corrected chi connectivity index (χ0v) is 9.74. The third-order valence-corrected chi connectivity index (χ3v) is 2.61. The molecule has 0 aliphatic carbocycles. The molecule has 0 atom stereocenters. The molecule has 0 unspecified atom stereocenters. The minimum atomic E-state index is -0.518. The van der Waals surface area contributed by atoms with E-state index in [1.165, 1.54) is 23.0 Å². The summed E-state index contributed by atoms with van der Waals surface area (Å²) in [5.74, 6) is 0. The maximum absolute atomic E-state index is 10.5. The number of nitrogens with zero attached hydrogens (tertiary/aromatic N) is 4. The van der Waals surface area contributed by atoms with E-state index >= 15 is 0 Å². The Kier molecular flexibility index (Phi) is 3.33. The highest BCUT2D eigenvalue weighted by Crippen LogP contribution is 2.22. The van der Waals surface area contributed by atoms with Crippen molar-refractivity contribution in [2.24, 2.45) is 0 Å². The van der Waals surface area contributed by atoms with Crippen molar-refractivity contribution in [1.82, 2.24) is 15.0 Å². The van der Waals surface area contributed by atoms with Crippen LogP contribution in [0.1, 0.15) is 16.1 Å². The van der Waals surface area contributed by atoms with Crippen LogP contribution in [0.15, 0.2) is 24.4 Å². The van der Waals surface area contributed by atoms with Gasteiger partial charge < -0.3 is 0 Å². The fraction of sp³-hybridized carbons (Fsp3) is 0.100. The molecule has 0 spiro atoms. The van der Waals surface area contributed by atoms with Crippen LogP contribution in [0.25, 0.3) is 0 Å². The zero-order valence-electron chi connectivity index (χ0n) is 8.99. The first-order valence-corrected chi connectivity index (χ1v) is 5.26. The third kappa shape index (κ3) is 2.51. The Morgan fingerprint density at radius 3 is 2.83 bits per heavy atom. The van der Waals surface area contributed by atoms with Crippen LogP contribution in [0.3, 0.4) is 0 Å². The highest BCUT2D eigenvalue weighted by atomic mass is 35.5. The second-order valence-corrected chi connectivity index (χ2v) is 3.90. The van der Waals surface area contributed by atoms with E-state index in [1.807, 2.05) is 0 Å². The quantitative estimate of drug-likeness (QED) is 0.477. The number of nitro benzene ring substituents is 1. The summed E-state index contributed by atoms with van der Waals surface area (Å²) in [5.41, 5.74) is 0.800. The summed E-state index contributed by atoms with van der Waals surface area (Å²) in [6.45, 7) is 0.289. The highest BCUT2D eigenvalue weighted by molar-refractivity contribution is 6.31. The number of benzene rings is 1. The largest absolute Gasteiger partial charge is 0.296 e. The van der Waals surface area contributed by atoms with Crippen molar-refractivity contribution in [3.63, 3.8) is 0 Å². The number of hydrogen-bond acceptors (Lipinski definition) is 5. The molecule has 0 saturated heterocycles. The maximum Gasteiger partial charge on any atom is 0.270 e. The van der Waals surface area contributed by atoms with E-state index in [4.69, 9.17) is 11.6 Å². The molecule has 0 aliphatic rings. The lowest BCUT2D eigenvalue weighted by atomic mass is 10.2. The maximum atomic E-state index is 10.5. The van der Waals surface area contributed by atoms with E-state index in [0.717, 1.165) is 0 Å². The Morgan fingerprint density at radius 2 is 2.28 bits per heavy atom. The number of carbonyl (C=O) groups is 1. The Labute approximate surface area is 106 Å². The van der Waals surface area contributed by atoms with Gasteiger partial charge in [0, 0.05) is 12.1 Å². The van der Waals surface area contributed by atoms with Crippen LogP contribution in [0.4, 0.5) is 5.69 Å². The molecule has 0 N–H and O–H groups in total. The zero-order chi connectivity index (χ0) is 13.1. The van der Waals surface area contributed by atoms with Crippen molar-refractivity contribution in [3.05, 3.63) is 50.8 Å². The summed E-state index contributed by atoms with van der Waals surface area (Å²) < 4.78 is 1.43. The van der Waals surface area contributed by atoms with Gasteiger partial charge in [0.05, 0.1) is 22.7 Å². The van der Waals surface area contributed by atoms with Crippen LogP contribution in [-0.2, 0) is 6.54 Å². The fourth-order valence-electron chi connectivity index (χ4n) is 1.40. The van der Waals surface area contributed by atoms with E-state index in [-0.39, 0.29) is 22.9 Å². The van der Waals surface area contributed by atoms with E-state index < -0.39 is 4.92 Å². The Hall–Kier alpha value is -2.28. The molecule has 1 aromatic heterocycles. The first-order valence-electron chi connectivity index (χ1n) is 4.88. The molecule has 92 valence electrons. The monoisotopic (exact) mass is 266 g/mol. The molecule has 1 aromatic carbocycles. The summed E-state index contributed by atoms with van der Waals surface area (Å²) in [5, 5.41) is 18.1. The fourth-order valence-corrected chi connectivity index (χ4v) is 1.63. The van der Waals surface area contributed by atoms with Crippen molar-refractivity contribution < 1.29 is 9.72 Å². The number of non-ortho nitro benzene ring substituents is 1. The first-order chi connectivity index (χ1) is 8.60. The van der Waals surface area contributed by atoms with Crippen molar-refractivity contribution in [2.45, 2.75) is 6.54 Å². The van der Waals surface area contributed by atoms with Gasteiger partial charge in [0.2, 0.25) is 0 Å². The molecule has 18 heavy (non-hydrogen) atoms. The Morgan fingerprint density at radius 1 is 1.50 bits per heavy atom. The lowest BCUT2D eigenvalue weighted by Crippen LogP contribution is -2.01. The average molecular weight is 267 g/mol. The number of rotatable bonds is 4. The van der Waals surface area contributed by atoms with Gasteiger partial charge in [-0.15, -0.1) is 5.10 Å². The SMILES string of the molecule is O=Cc1cn(Cc2ccc([N+](=O)[O-])cc2Cl)nn1. The second-order valence-electron chi connectivity index (χ2n) is 3.49. The molecule has 0 aliphatic heterocycles. The Bertz CT molecular complexity index is 611. The summed E-state index contributed by atoms with van der Waals surface area (Å²) in [4.78, 5) is 20.5. The van der Waals surface area contributed by atoms with Crippen LogP contribution in [-0.4, -0.2) is 26.2 Å². The molecule has 0 radical (unpaired) electrons. The highest BCUT2D eigenvalue weighted by Gasteiger charge is 2.10. The van der Waals surface area contributed by atoms with Crippen LogP contribution >= 0.6 is 11.6 Å². The summed E-state index contributed by atoms with van der Waals surface area (Å²) in [6.07, 6.45) is 2.05. The van der Waals surface area contributed by atoms with Crippen molar-refractivity contribution >= 4 is 23.6 Å². The molecule has 0 saturated carbocycles. The van der Waals surface area contributed by atoms with Crippen molar-refractivity contribution in [2.75, 3.05) is 0 Å². The van der Waals surface area contributed by atoms with Gasteiger partial charge >= 0.3 is 0 Å². The molecule has 8 heteroatoms. The Balaban J connectivity index is 2.24. The summed E-state index contributed by atoms with van der Waals surface area (Å²) >= 11 is 5.93. The number of hydrogen-bond donors (Lipinski definition) is 0. The number of aromatic nitrogens is 3. The third-order valence-electron chi connectivity index (χ3n) is 2.26. The minimum absolute atomic E-state index is 0.0732. The smallest absolute Gasteiger partial charge is 0.270 e. The summed E-state index contributed by atoms with van der Waals surface area (Å²) in [6, 6.07) is 4.18. The average Bonchev–Trinajstić information content (AvgIpc) is 2.79. The predicted octanol–water partition coefficient (Wildman–Crippen LogP) is 1.70. The van der Waals surface area contributed by atoms with Crippen molar-refractivity contribution in [3.8, 4) is 0 Å². The molecule has 0 bridgehead atoms. The number of carbonyl (C=O) groups excluding carboxylic acids is 1. The standard InChI is InChI=1S/C10H7ClN4O3/c11-10-3-9(15(17)18)2-1-7(10)4-14-5-8(6-16)12-13-14/h1-3,5-6H,4H2. The van der Waals surface area contributed by atoms with Gasteiger partial charge in [0.15, 0.2) is 6.29 Å². The van der Waals surface area contributed by atoms with Crippen LogP contribution in [0.2, 0.25) is 5.02 Å². The topological polar surface area (TPSA) is 90.9 Å². The van der Waals surface area contributed by atoms with E-state index in [0.29, 0.717) is 11.8 Å². The van der Waals surface area contributed by atoms with Crippen LogP contribution < -0.4 is 0 Å². The molecular formula is C10H7ClN4O3. The molecule has 2 aromatic rings. The minimum Gasteiger partial charge on any atom is -0.296 e. The van der Waals surface area contributed by atoms with Crippen LogP contribution in [0.5, 0.6) is 0 Å². The van der Waals surface area contributed by atoms with Gasteiger partial charge in [0.1, 0.15) is 5.69 Å². The lowest BCUT2D eigenvalue weighted by molar-refractivity contribution is -0.384. The molecule has 0 amide bonds. The van der Waals surface area contributed by atoms with E-state index in [9.17, 15) is 14.9 Å². The van der Waals surface area contributed by atoms with Crippen LogP contribution in [0, 0.1) is 10.1 Å². The van der Waals surface area contributed by atoms with Gasteiger partial charge in [-0.05, 0) is 11.6 Å². The lowest BCUT2D eigenvalue weighted by Gasteiger charge is -2.03. The van der Waals surface area contributed by atoms with Gasteiger partial charge in [-0.3, -0.25) is 14.9 Å². The second kappa shape index (κ2) is 4.92. The van der Waals surface area contributed by atoms with Gasteiger partial charge in [-0.1, -0.05) is 16.8 Å². The van der Waals surface area contributed by atoms with E-state index in [2.05, 4.69) is 10.3 Å². The molecular weight excluding hydrogens is 260 g/mol. The van der Waals surface area contributed by atoms with Crippen molar-refractivity contribution in [1.29, 1.82) is 0 Å². The molecule has 7 nitrogen and oxygen atoms in total.